The zero-order valence-corrected chi connectivity index (χ0v) is 14.9. The molecule has 4 aromatic rings. The van der Waals surface area contributed by atoms with E-state index in [0.29, 0.717) is 5.56 Å². The van der Waals surface area contributed by atoms with E-state index in [9.17, 15) is 4.79 Å². The minimum Gasteiger partial charge on any atom is -0.314 e. The highest BCUT2D eigenvalue weighted by molar-refractivity contribution is 7.14. The monoisotopic (exact) mass is 360 g/mol. The summed E-state index contributed by atoms with van der Waals surface area (Å²) in [6.45, 7) is 1.95. The lowest BCUT2D eigenvalue weighted by atomic mass is 9.95. The van der Waals surface area contributed by atoms with E-state index in [-0.39, 0.29) is 5.91 Å². The lowest BCUT2D eigenvalue weighted by Gasteiger charge is -2.11. The van der Waals surface area contributed by atoms with Gasteiger partial charge in [0.2, 0.25) is 0 Å². The number of amides is 1. The van der Waals surface area contributed by atoms with Crippen molar-refractivity contribution in [3.8, 4) is 22.4 Å². The molecule has 0 aliphatic heterocycles. The van der Waals surface area contributed by atoms with Gasteiger partial charge in [-0.25, -0.2) is 0 Å². The standard InChI is InChI=1S/C20H16N4OS/c1-13-15(19-17(12-22-24-19)14-7-9-21-10-8-14)4-2-5-16(13)20(25)23-18-6-3-11-26-18/h2-12H,1H3,(H,22,24)(H,23,25). The van der Waals surface area contributed by atoms with E-state index >= 15 is 0 Å². The fourth-order valence-corrected chi connectivity index (χ4v) is 3.54. The molecule has 5 nitrogen and oxygen atoms in total. The average Bonchev–Trinajstić information content (AvgIpc) is 3.34. The van der Waals surface area contributed by atoms with Gasteiger partial charge in [-0.3, -0.25) is 14.9 Å². The largest absolute Gasteiger partial charge is 0.314 e. The van der Waals surface area contributed by atoms with Gasteiger partial charge < -0.3 is 5.32 Å². The Balaban J connectivity index is 1.73. The van der Waals surface area contributed by atoms with Gasteiger partial charge in [-0.15, -0.1) is 11.3 Å². The third kappa shape index (κ3) is 3.02. The SMILES string of the molecule is Cc1c(C(=O)Nc2cccs2)cccc1-c1[nH]ncc1-c1ccncc1. The summed E-state index contributed by atoms with van der Waals surface area (Å²) < 4.78 is 0. The first kappa shape index (κ1) is 16.2. The second kappa shape index (κ2) is 6.93. The molecule has 0 radical (unpaired) electrons. The molecule has 1 aromatic carbocycles. The number of hydrogen-bond donors (Lipinski definition) is 2. The Hall–Kier alpha value is -3.25. The van der Waals surface area contributed by atoms with E-state index in [1.807, 2.05) is 54.8 Å². The molecule has 1 amide bonds. The van der Waals surface area contributed by atoms with Crippen LogP contribution < -0.4 is 5.32 Å². The van der Waals surface area contributed by atoms with Gasteiger partial charge in [0.1, 0.15) is 0 Å². The van der Waals surface area contributed by atoms with Crippen molar-refractivity contribution in [2.75, 3.05) is 5.32 Å². The van der Waals surface area contributed by atoms with Gasteiger partial charge in [-0.1, -0.05) is 12.1 Å². The third-order valence-electron chi connectivity index (χ3n) is 4.24. The van der Waals surface area contributed by atoms with Crippen LogP contribution in [0.3, 0.4) is 0 Å². The van der Waals surface area contributed by atoms with Crippen molar-refractivity contribution in [3.63, 3.8) is 0 Å². The fourth-order valence-electron chi connectivity index (χ4n) is 2.92. The Morgan fingerprint density at radius 3 is 2.69 bits per heavy atom. The summed E-state index contributed by atoms with van der Waals surface area (Å²) in [7, 11) is 0. The first-order valence-electron chi connectivity index (χ1n) is 8.12. The average molecular weight is 360 g/mol. The quantitative estimate of drug-likeness (QED) is 0.551. The molecule has 26 heavy (non-hydrogen) atoms. The maximum absolute atomic E-state index is 12.7. The molecule has 0 unspecified atom stereocenters. The maximum atomic E-state index is 12.7. The van der Waals surface area contributed by atoms with Crippen LogP contribution in [0.25, 0.3) is 22.4 Å². The van der Waals surface area contributed by atoms with Crippen molar-refractivity contribution >= 4 is 22.2 Å². The number of aromatic nitrogens is 3. The van der Waals surface area contributed by atoms with Crippen molar-refractivity contribution in [1.29, 1.82) is 0 Å². The molecule has 0 aliphatic rings. The topological polar surface area (TPSA) is 70.7 Å². The fraction of sp³-hybridized carbons (Fsp3) is 0.0500. The van der Waals surface area contributed by atoms with Crippen LogP contribution in [0.1, 0.15) is 15.9 Å². The minimum atomic E-state index is -0.114. The molecular formula is C20H16N4OS. The van der Waals surface area contributed by atoms with Crippen LogP contribution in [0.15, 0.2) is 66.4 Å². The normalized spacial score (nSPS) is 10.7. The number of aromatic amines is 1. The van der Waals surface area contributed by atoms with E-state index in [2.05, 4.69) is 20.5 Å². The number of benzene rings is 1. The number of carbonyl (C=O) groups excluding carboxylic acids is 1. The van der Waals surface area contributed by atoms with E-state index in [1.54, 1.807) is 18.6 Å². The molecule has 0 saturated carbocycles. The van der Waals surface area contributed by atoms with E-state index in [4.69, 9.17) is 0 Å². The zero-order chi connectivity index (χ0) is 17.9. The number of anilines is 1. The molecular weight excluding hydrogens is 344 g/mol. The van der Waals surface area contributed by atoms with E-state index in [0.717, 1.165) is 32.9 Å². The smallest absolute Gasteiger partial charge is 0.256 e. The van der Waals surface area contributed by atoms with E-state index in [1.165, 1.54) is 11.3 Å². The van der Waals surface area contributed by atoms with Gasteiger partial charge in [0.25, 0.3) is 5.91 Å². The summed E-state index contributed by atoms with van der Waals surface area (Å²) in [4.78, 5) is 16.7. The molecule has 0 atom stereocenters. The number of rotatable bonds is 4. The number of nitrogens with one attached hydrogen (secondary N) is 2. The molecule has 128 valence electrons. The predicted octanol–water partition coefficient (Wildman–Crippen LogP) is 4.76. The van der Waals surface area contributed by atoms with Crippen LogP contribution in [0.4, 0.5) is 5.00 Å². The van der Waals surface area contributed by atoms with Gasteiger partial charge in [-0.2, -0.15) is 5.10 Å². The first-order valence-corrected chi connectivity index (χ1v) is 9.00. The number of H-pyrrole nitrogens is 1. The first-order chi connectivity index (χ1) is 12.7. The second-order valence-corrected chi connectivity index (χ2v) is 6.75. The Morgan fingerprint density at radius 2 is 1.92 bits per heavy atom. The maximum Gasteiger partial charge on any atom is 0.256 e. The molecule has 0 spiro atoms. The zero-order valence-electron chi connectivity index (χ0n) is 14.1. The molecule has 0 bridgehead atoms. The molecule has 0 fully saturated rings. The highest BCUT2D eigenvalue weighted by atomic mass is 32.1. The summed E-state index contributed by atoms with van der Waals surface area (Å²) in [5, 5.41) is 13.0. The molecule has 6 heteroatoms. The Labute approximate surface area is 154 Å². The Kier molecular flexibility index (Phi) is 4.33. The summed E-state index contributed by atoms with van der Waals surface area (Å²) in [6.07, 6.45) is 5.30. The number of carbonyl (C=O) groups is 1. The van der Waals surface area contributed by atoms with Crippen LogP contribution in [-0.2, 0) is 0 Å². The number of pyridine rings is 1. The summed E-state index contributed by atoms with van der Waals surface area (Å²) in [6, 6.07) is 13.4. The van der Waals surface area contributed by atoms with Crippen molar-refractivity contribution in [3.05, 3.63) is 77.6 Å². The minimum absolute atomic E-state index is 0.114. The summed E-state index contributed by atoms with van der Waals surface area (Å²) >= 11 is 1.50. The molecule has 3 aromatic heterocycles. The molecule has 2 N–H and O–H groups in total. The van der Waals surface area contributed by atoms with Crippen LogP contribution in [0.2, 0.25) is 0 Å². The van der Waals surface area contributed by atoms with Crippen LogP contribution in [0, 0.1) is 6.92 Å². The van der Waals surface area contributed by atoms with Crippen molar-refractivity contribution in [2.45, 2.75) is 6.92 Å². The molecule has 0 saturated heterocycles. The number of thiophene rings is 1. The van der Waals surface area contributed by atoms with Crippen molar-refractivity contribution < 1.29 is 4.79 Å². The lowest BCUT2D eigenvalue weighted by molar-refractivity contribution is 0.102. The van der Waals surface area contributed by atoms with Crippen LogP contribution in [0.5, 0.6) is 0 Å². The van der Waals surface area contributed by atoms with Gasteiger partial charge in [-0.05, 0) is 53.8 Å². The van der Waals surface area contributed by atoms with Crippen LogP contribution >= 0.6 is 11.3 Å². The molecule has 0 aliphatic carbocycles. The van der Waals surface area contributed by atoms with Gasteiger partial charge in [0.05, 0.1) is 16.9 Å². The van der Waals surface area contributed by atoms with E-state index < -0.39 is 0 Å². The second-order valence-electron chi connectivity index (χ2n) is 5.80. The summed E-state index contributed by atoms with van der Waals surface area (Å²) in [5.74, 6) is -0.114. The molecule has 4 rings (SSSR count). The van der Waals surface area contributed by atoms with Gasteiger partial charge in [0.15, 0.2) is 0 Å². The highest BCUT2D eigenvalue weighted by Crippen LogP contribution is 2.33. The van der Waals surface area contributed by atoms with Crippen molar-refractivity contribution in [1.82, 2.24) is 15.2 Å². The number of nitrogens with zero attached hydrogens (tertiary/aromatic N) is 2. The Morgan fingerprint density at radius 1 is 1.08 bits per heavy atom. The van der Waals surface area contributed by atoms with Crippen molar-refractivity contribution in [2.24, 2.45) is 0 Å². The Bertz CT molecular complexity index is 1040. The highest BCUT2D eigenvalue weighted by Gasteiger charge is 2.17. The third-order valence-corrected chi connectivity index (χ3v) is 5.02. The predicted molar refractivity (Wildman–Crippen MR) is 104 cm³/mol. The number of hydrogen-bond acceptors (Lipinski definition) is 4. The summed E-state index contributed by atoms with van der Waals surface area (Å²) in [5.41, 5.74) is 5.39. The van der Waals surface area contributed by atoms with Gasteiger partial charge in [0, 0.05) is 29.1 Å². The molecule has 3 heterocycles. The van der Waals surface area contributed by atoms with Gasteiger partial charge >= 0.3 is 0 Å². The van der Waals surface area contributed by atoms with Crippen LogP contribution in [-0.4, -0.2) is 21.1 Å². The lowest BCUT2D eigenvalue weighted by Crippen LogP contribution is -2.13.